The lowest BCUT2D eigenvalue weighted by Gasteiger charge is -2.32. The second kappa shape index (κ2) is 3.69. The molecule has 88 valence electrons. The topological polar surface area (TPSA) is 0 Å². The third kappa shape index (κ3) is 1.40. The van der Waals surface area contributed by atoms with E-state index in [0.29, 0.717) is 0 Å². The summed E-state index contributed by atoms with van der Waals surface area (Å²) in [5.41, 5.74) is 1.75. The highest BCUT2D eigenvalue weighted by molar-refractivity contribution is 7.17. The van der Waals surface area contributed by atoms with Crippen LogP contribution in [0, 0.1) is 0 Å². The van der Waals surface area contributed by atoms with Crippen LogP contribution in [0.4, 0.5) is 0 Å². The van der Waals surface area contributed by atoms with Crippen LogP contribution in [0.15, 0.2) is 23.6 Å². The Bertz CT molecular complexity index is 563. The monoisotopic (exact) mass is 258 g/mol. The zero-order valence-electron chi connectivity index (χ0n) is 10.2. The largest absolute Gasteiger partial charge is 0.144 e. The van der Waals surface area contributed by atoms with Gasteiger partial charge in [-0.3, -0.25) is 0 Å². The van der Waals surface area contributed by atoms with Crippen molar-refractivity contribution in [2.45, 2.75) is 43.8 Å². The van der Waals surface area contributed by atoms with Crippen LogP contribution in [-0.2, 0) is 6.42 Å². The van der Waals surface area contributed by atoms with Gasteiger partial charge in [-0.2, -0.15) is 0 Å². The molecule has 0 radical (unpaired) electrons. The molecule has 1 aromatic heterocycles. The molecule has 0 saturated carbocycles. The molecule has 0 amide bonds. The van der Waals surface area contributed by atoms with Gasteiger partial charge in [0, 0.05) is 4.70 Å². The van der Waals surface area contributed by atoms with E-state index in [1.165, 1.54) is 30.4 Å². The van der Waals surface area contributed by atoms with E-state index in [2.05, 4.69) is 23.6 Å². The average molecular weight is 258 g/mol. The maximum Gasteiger partial charge on any atom is 0.0874 e. The Morgan fingerprint density at radius 1 is 0.941 bits per heavy atom. The molecule has 2 heteroatoms. The number of hydrogen-bond acceptors (Lipinski definition) is 1. The Labute approximate surface area is 108 Å². The molecule has 0 nitrogen and oxygen atoms in total. The molecule has 1 saturated heterocycles. The van der Waals surface area contributed by atoms with E-state index in [1.807, 2.05) is 16.5 Å². The molecule has 0 aliphatic carbocycles. The number of thiophene rings is 1. The van der Waals surface area contributed by atoms with Crippen LogP contribution in [0.2, 0.25) is 18.1 Å². The molecule has 2 aliphatic heterocycles. The van der Waals surface area contributed by atoms with E-state index in [4.69, 9.17) is 0 Å². The van der Waals surface area contributed by atoms with Crippen molar-refractivity contribution in [1.82, 2.24) is 0 Å². The van der Waals surface area contributed by atoms with Gasteiger partial charge >= 0.3 is 0 Å². The van der Waals surface area contributed by atoms with Crippen LogP contribution in [-0.4, -0.2) is 8.07 Å². The van der Waals surface area contributed by atoms with Gasteiger partial charge in [0.1, 0.15) is 0 Å². The summed E-state index contributed by atoms with van der Waals surface area (Å²) in [6.45, 7) is 0. The third-order valence-electron chi connectivity index (χ3n) is 4.98. The lowest BCUT2D eigenvalue weighted by molar-refractivity contribution is 0.712. The number of hydrogen-bond donors (Lipinski definition) is 0. The van der Waals surface area contributed by atoms with Gasteiger partial charge in [0.2, 0.25) is 0 Å². The summed E-state index contributed by atoms with van der Waals surface area (Å²) < 4.78 is 1.51. The zero-order valence-corrected chi connectivity index (χ0v) is 12.0. The van der Waals surface area contributed by atoms with Crippen molar-refractivity contribution in [3.05, 3.63) is 29.1 Å². The fraction of sp³-hybridized carbons (Fsp3) is 0.467. The van der Waals surface area contributed by atoms with Gasteiger partial charge in [0.05, 0.1) is 8.07 Å². The van der Waals surface area contributed by atoms with E-state index in [9.17, 15) is 0 Å². The van der Waals surface area contributed by atoms with E-state index in [-0.39, 0.29) is 0 Å². The van der Waals surface area contributed by atoms with Gasteiger partial charge in [0.25, 0.3) is 0 Å². The molecule has 0 unspecified atom stereocenters. The Morgan fingerprint density at radius 2 is 1.82 bits per heavy atom. The first-order chi connectivity index (χ1) is 8.39. The molecule has 3 heterocycles. The lowest BCUT2D eigenvalue weighted by Crippen LogP contribution is -2.46. The molecule has 1 fully saturated rings. The fourth-order valence-electron chi connectivity index (χ4n) is 4.12. The Hall–Kier alpha value is -0.603. The van der Waals surface area contributed by atoms with Crippen LogP contribution in [0.1, 0.15) is 24.8 Å². The normalized spacial score (nSPS) is 22.1. The van der Waals surface area contributed by atoms with Crippen molar-refractivity contribution in [1.29, 1.82) is 0 Å². The minimum atomic E-state index is -1.03. The number of aryl methyl sites for hydroxylation is 1. The molecule has 2 aliphatic rings. The standard InChI is InChI=1S/C15H18SSi/c1-2-9-17(10-3-1)11-7-13-12-6-8-16-14(12)4-5-15(13)17/h4-6,8H,1-3,7,9-11H2. The quantitative estimate of drug-likeness (QED) is 0.618. The first kappa shape index (κ1) is 10.3. The number of rotatable bonds is 0. The van der Waals surface area contributed by atoms with Gasteiger partial charge in [-0.15, -0.1) is 11.3 Å². The minimum Gasteiger partial charge on any atom is -0.144 e. The molecule has 4 rings (SSSR count). The zero-order chi connectivity index (χ0) is 11.3. The molecule has 1 aromatic carbocycles. The van der Waals surface area contributed by atoms with Gasteiger partial charge in [-0.05, 0) is 40.9 Å². The summed E-state index contributed by atoms with van der Waals surface area (Å²) in [6, 6.07) is 12.0. The number of benzene rings is 1. The van der Waals surface area contributed by atoms with Crippen LogP contribution in [0.25, 0.3) is 10.1 Å². The maximum absolute atomic E-state index is 2.51. The van der Waals surface area contributed by atoms with Crippen LogP contribution in [0.5, 0.6) is 0 Å². The maximum atomic E-state index is 2.51. The third-order valence-corrected chi connectivity index (χ3v) is 11.3. The highest BCUT2D eigenvalue weighted by Gasteiger charge is 2.41. The summed E-state index contributed by atoms with van der Waals surface area (Å²) in [5, 5.41) is 5.70. The predicted octanol–water partition coefficient (Wildman–Crippen LogP) is 4.30. The molecule has 2 aromatic rings. The molecule has 0 N–H and O–H groups in total. The molecule has 0 atom stereocenters. The fourth-order valence-corrected chi connectivity index (χ4v) is 10.4. The lowest BCUT2D eigenvalue weighted by atomic mass is 10.1. The highest BCUT2D eigenvalue weighted by atomic mass is 32.1. The molecular weight excluding hydrogens is 240 g/mol. The van der Waals surface area contributed by atoms with Gasteiger partial charge < -0.3 is 0 Å². The highest BCUT2D eigenvalue weighted by Crippen LogP contribution is 2.39. The molecule has 0 bridgehead atoms. The molecule has 17 heavy (non-hydrogen) atoms. The van der Waals surface area contributed by atoms with Crippen LogP contribution < -0.4 is 5.19 Å². The van der Waals surface area contributed by atoms with Gasteiger partial charge in [0.15, 0.2) is 0 Å². The van der Waals surface area contributed by atoms with E-state index >= 15 is 0 Å². The molecule has 1 spiro atoms. The van der Waals surface area contributed by atoms with Crippen molar-refractivity contribution in [3.8, 4) is 0 Å². The smallest absolute Gasteiger partial charge is 0.0874 e. The van der Waals surface area contributed by atoms with Crippen molar-refractivity contribution in [2.24, 2.45) is 0 Å². The summed E-state index contributed by atoms with van der Waals surface area (Å²) in [4.78, 5) is 0. The summed E-state index contributed by atoms with van der Waals surface area (Å²) in [5.74, 6) is 0. The van der Waals surface area contributed by atoms with Crippen LogP contribution in [0.3, 0.4) is 0 Å². The Kier molecular flexibility index (Phi) is 2.24. The first-order valence-electron chi connectivity index (χ1n) is 6.89. The van der Waals surface area contributed by atoms with Crippen molar-refractivity contribution in [2.75, 3.05) is 0 Å². The van der Waals surface area contributed by atoms with Gasteiger partial charge in [-0.1, -0.05) is 42.6 Å². The SMILES string of the molecule is c1cc2c3c(ccc2s1)[Si]1(CCCCC1)CC3. The summed E-state index contributed by atoms with van der Waals surface area (Å²) >= 11 is 1.90. The van der Waals surface area contributed by atoms with Crippen LogP contribution >= 0.6 is 11.3 Å². The van der Waals surface area contributed by atoms with Crippen molar-refractivity contribution < 1.29 is 0 Å². The van der Waals surface area contributed by atoms with E-state index in [1.54, 1.807) is 29.1 Å². The summed E-state index contributed by atoms with van der Waals surface area (Å²) in [7, 11) is -1.03. The second-order valence-electron chi connectivity index (χ2n) is 5.77. The van der Waals surface area contributed by atoms with E-state index in [0.717, 1.165) is 0 Å². The Morgan fingerprint density at radius 3 is 2.71 bits per heavy atom. The predicted molar refractivity (Wildman–Crippen MR) is 79.2 cm³/mol. The van der Waals surface area contributed by atoms with E-state index < -0.39 is 8.07 Å². The minimum absolute atomic E-state index is 1.03. The average Bonchev–Trinajstić information content (AvgIpc) is 2.96. The molecular formula is C15H18SSi. The van der Waals surface area contributed by atoms with Gasteiger partial charge in [-0.25, -0.2) is 0 Å². The Balaban J connectivity index is 1.92. The first-order valence-corrected chi connectivity index (χ1v) is 10.4. The summed E-state index contributed by atoms with van der Waals surface area (Å²) in [6.07, 6.45) is 5.89. The second-order valence-corrected chi connectivity index (χ2v) is 11.3. The van der Waals surface area contributed by atoms with Crippen molar-refractivity contribution in [3.63, 3.8) is 0 Å². The number of fused-ring (bicyclic) bond motifs is 4. The van der Waals surface area contributed by atoms with Crippen molar-refractivity contribution >= 4 is 34.7 Å².